The van der Waals surface area contributed by atoms with E-state index in [1.54, 1.807) is 6.08 Å². The van der Waals surface area contributed by atoms with Gasteiger partial charge in [-0.15, -0.1) is 54.5 Å². The fraction of sp³-hybridized carbons (Fsp3) is 0.160. The van der Waals surface area contributed by atoms with Crippen LogP contribution in [0.3, 0.4) is 0 Å². The molecular weight excluding hydrogens is 490 g/mol. The van der Waals surface area contributed by atoms with E-state index in [1.807, 2.05) is 13.0 Å². The molecule has 0 N–H and O–H groups in total. The largest absolute Gasteiger partial charge is 0.168 e. The van der Waals surface area contributed by atoms with E-state index in [0.717, 1.165) is 0 Å². The summed E-state index contributed by atoms with van der Waals surface area (Å²) in [5, 5.41) is 4.00. The van der Waals surface area contributed by atoms with Crippen LogP contribution in [-0.4, -0.2) is 11.8 Å². The Morgan fingerprint density at radius 1 is 0.931 bits per heavy atom. The molecule has 4 heteroatoms. The third-order valence-electron chi connectivity index (χ3n) is 3.87. The Bertz CT molecular complexity index is 800. The molecule has 0 heterocycles. The van der Waals surface area contributed by atoms with Gasteiger partial charge in [0.05, 0.1) is 0 Å². The normalized spacial score (nSPS) is 9.69. The van der Waals surface area contributed by atoms with E-state index in [0.29, 0.717) is 0 Å². The molecule has 0 unspecified atom stereocenters. The van der Waals surface area contributed by atoms with Crippen molar-refractivity contribution in [2.24, 2.45) is 0 Å². The molecule has 0 saturated heterocycles. The minimum atomic E-state index is -1.11. The van der Waals surface area contributed by atoms with Crippen molar-refractivity contribution < 1.29 is 24.2 Å². The molecule has 0 aliphatic rings. The van der Waals surface area contributed by atoms with E-state index in [9.17, 15) is 0 Å². The zero-order valence-electron chi connectivity index (χ0n) is 18.1. The van der Waals surface area contributed by atoms with Crippen LogP contribution in [0.25, 0.3) is 10.8 Å². The molecule has 0 atom stereocenters. The van der Waals surface area contributed by atoms with Gasteiger partial charge in [-0.1, -0.05) is 32.6 Å². The van der Waals surface area contributed by atoms with Gasteiger partial charge in [0.15, 0.2) is 0 Å². The molecule has 0 radical (unpaired) electrons. The van der Waals surface area contributed by atoms with Crippen LogP contribution in [0.1, 0.15) is 12.5 Å². The van der Waals surface area contributed by atoms with Crippen LogP contribution in [0, 0.1) is 14.0 Å². The van der Waals surface area contributed by atoms with Gasteiger partial charge < -0.3 is 7.43 Å². The zero-order valence-corrected chi connectivity index (χ0v) is 23.1. The molecule has 0 aliphatic heterocycles. The number of hydrogen-bond donors (Lipinski definition) is 0. The first-order chi connectivity index (χ1) is 12.4. The maximum absolute atomic E-state index is 5.41. The van der Waals surface area contributed by atoms with E-state index in [2.05, 4.69) is 96.2 Å². The first-order valence-electron chi connectivity index (χ1n) is 8.80. The molecule has 0 aromatic heterocycles. The predicted molar refractivity (Wildman–Crippen MR) is 138 cm³/mol. The number of halogens is 2. The van der Waals surface area contributed by atoms with Crippen LogP contribution in [0.2, 0.25) is 19.6 Å². The first-order valence-corrected chi connectivity index (χ1v) is 13.7. The van der Waals surface area contributed by atoms with Crippen LogP contribution >= 0.6 is 24.8 Å². The monoisotopic (exact) mass is 521 g/mol. The van der Waals surface area contributed by atoms with Gasteiger partial charge in [-0.2, -0.15) is 23.6 Å². The average Bonchev–Trinajstić information content (AvgIpc) is 3.12. The van der Waals surface area contributed by atoms with Gasteiger partial charge in [-0.3, -0.25) is 6.58 Å². The molecular formula is C25H33Cl2SiZr-3. The Kier molecular flexibility index (Phi) is 20.2. The minimum Gasteiger partial charge on any atom is -0.168 e. The topological polar surface area (TPSA) is 0 Å². The van der Waals surface area contributed by atoms with Crippen LogP contribution in [0.15, 0.2) is 90.1 Å². The van der Waals surface area contributed by atoms with E-state index in [1.165, 1.54) is 45.8 Å². The summed E-state index contributed by atoms with van der Waals surface area (Å²) in [4.78, 5) is 0. The van der Waals surface area contributed by atoms with Crippen molar-refractivity contribution in [2.75, 3.05) is 0 Å². The summed E-state index contributed by atoms with van der Waals surface area (Å²) in [5.74, 6) is 0. The van der Waals surface area contributed by atoms with Crippen LogP contribution in [0.5, 0.6) is 0 Å². The van der Waals surface area contributed by atoms with E-state index < -0.39 is 8.07 Å². The Balaban J connectivity index is -0.000000333. The third kappa shape index (κ3) is 13.1. The standard InChI is InChI=1S/C9H7.C8H15Si.C7H6.CH3.2ClH.Zr/c1-2-5-9-7-3-6-8(9)4-1;1-6-8(7-2)9(3,4)5;1-7-5-3-2-4-6-7;;;;/h1-7H;1,6-7H,2-5H3;1-6H;1H3;2*1H;/q2*-1;;-1;;;. The van der Waals surface area contributed by atoms with Crippen LogP contribution in [0.4, 0.5) is 0 Å². The SMILES string of the molecule is Cl.Cl.[CH-]=CC(=CC)[Si](C)(C)C.[CH3-].[Zr]=[CH]c1ccccc1.c1ccc2[cH-]ccc2c1. The third-order valence-corrected chi connectivity index (χ3v) is 6.88. The molecule has 0 nitrogen and oxygen atoms in total. The van der Waals surface area contributed by atoms with Crippen molar-refractivity contribution in [3.8, 4) is 0 Å². The molecule has 0 amide bonds. The number of rotatable bonds is 3. The van der Waals surface area contributed by atoms with Gasteiger partial charge in [0.2, 0.25) is 0 Å². The molecule has 0 spiro atoms. The summed E-state index contributed by atoms with van der Waals surface area (Å²) in [6, 6.07) is 25.0. The second-order valence-corrected chi connectivity index (χ2v) is 12.7. The summed E-state index contributed by atoms with van der Waals surface area (Å²) in [5.41, 5.74) is 1.32. The van der Waals surface area contributed by atoms with Crippen LogP contribution in [-0.2, 0) is 24.2 Å². The molecule has 0 bridgehead atoms. The van der Waals surface area contributed by atoms with Crippen molar-refractivity contribution in [1.82, 2.24) is 0 Å². The average molecular weight is 524 g/mol. The Morgan fingerprint density at radius 3 is 1.86 bits per heavy atom. The zero-order chi connectivity index (χ0) is 19.4. The number of fused-ring (bicyclic) bond motifs is 1. The fourth-order valence-corrected chi connectivity index (χ4v) is 4.24. The Morgan fingerprint density at radius 2 is 1.48 bits per heavy atom. The summed E-state index contributed by atoms with van der Waals surface area (Å²) in [6.07, 6.45) is 3.83. The molecule has 29 heavy (non-hydrogen) atoms. The summed E-state index contributed by atoms with van der Waals surface area (Å²) < 4.78 is 2.17. The second kappa shape index (κ2) is 17.9. The number of benzene rings is 2. The number of allylic oxidation sites excluding steroid dienone is 3. The molecule has 0 fully saturated rings. The van der Waals surface area contributed by atoms with Crippen LogP contribution < -0.4 is 0 Å². The second-order valence-electron chi connectivity index (χ2n) is 6.87. The van der Waals surface area contributed by atoms with Crippen molar-refractivity contribution >= 4 is 47.4 Å². The van der Waals surface area contributed by atoms with Gasteiger partial charge >= 0.3 is 63.8 Å². The molecule has 3 aromatic rings. The molecule has 0 aliphatic carbocycles. The Labute approximate surface area is 206 Å². The van der Waals surface area contributed by atoms with Gasteiger partial charge in [0, 0.05) is 0 Å². The first kappa shape index (κ1) is 32.7. The van der Waals surface area contributed by atoms with Gasteiger partial charge in [0.25, 0.3) is 0 Å². The van der Waals surface area contributed by atoms with Gasteiger partial charge in [-0.25, -0.2) is 11.3 Å². The Hall–Kier alpha value is -0.920. The maximum Gasteiger partial charge on any atom is -0.0809 e. The minimum absolute atomic E-state index is 0. The van der Waals surface area contributed by atoms with Crippen molar-refractivity contribution in [3.63, 3.8) is 0 Å². The predicted octanol–water partition coefficient (Wildman–Crippen LogP) is 8.04. The summed E-state index contributed by atoms with van der Waals surface area (Å²) >= 11 is 1.46. The molecule has 158 valence electrons. The van der Waals surface area contributed by atoms with E-state index >= 15 is 0 Å². The van der Waals surface area contributed by atoms with Crippen molar-refractivity contribution in [1.29, 1.82) is 0 Å². The molecule has 3 aromatic carbocycles. The van der Waals surface area contributed by atoms with Crippen molar-refractivity contribution in [3.05, 3.63) is 110 Å². The van der Waals surface area contributed by atoms with E-state index in [-0.39, 0.29) is 32.2 Å². The fourth-order valence-electron chi connectivity index (χ4n) is 2.40. The molecule has 3 rings (SSSR count). The van der Waals surface area contributed by atoms with Gasteiger partial charge in [-0.05, 0) is 8.07 Å². The molecule has 0 saturated carbocycles. The smallest absolute Gasteiger partial charge is 0.0809 e. The van der Waals surface area contributed by atoms with Crippen molar-refractivity contribution in [2.45, 2.75) is 26.6 Å². The summed E-state index contributed by atoms with van der Waals surface area (Å²) in [6.45, 7) is 14.3. The maximum atomic E-state index is 5.41. The number of hydrogen-bond acceptors (Lipinski definition) is 0. The summed E-state index contributed by atoms with van der Waals surface area (Å²) in [7, 11) is -1.11. The quantitative estimate of drug-likeness (QED) is 0.185. The van der Waals surface area contributed by atoms with E-state index in [4.69, 9.17) is 6.58 Å². The van der Waals surface area contributed by atoms with Gasteiger partial charge in [0.1, 0.15) is 0 Å².